The summed E-state index contributed by atoms with van der Waals surface area (Å²) in [6, 6.07) is 6.33. The van der Waals surface area contributed by atoms with Crippen molar-refractivity contribution in [2.24, 2.45) is 0 Å². The van der Waals surface area contributed by atoms with Crippen LogP contribution in [0.3, 0.4) is 0 Å². The molecule has 0 bridgehead atoms. The fraction of sp³-hybridized carbons (Fsp3) is 0.455. The first-order valence-electron chi connectivity index (χ1n) is 5.01. The average Bonchev–Trinajstić information content (AvgIpc) is 2.71. The van der Waals surface area contributed by atoms with Crippen molar-refractivity contribution in [2.75, 3.05) is 16.8 Å². The van der Waals surface area contributed by atoms with Crippen LogP contribution in [-0.4, -0.2) is 22.5 Å². The molecule has 1 aromatic rings. The van der Waals surface area contributed by atoms with Gasteiger partial charge >= 0.3 is 0 Å². The Hall–Kier alpha value is -1.21. The number of hydrogen-bond acceptors (Lipinski definition) is 4. The highest BCUT2D eigenvalue weighted by Gasteiger charge is 2.16. The molecule has 4 heteroatoms. The predicted molar refractivity (Wildman–Crippen MR) is 63.0 cm³/mol. The molecule has 78 valence electrons. The first-order valence-corrected chi connectivity index (χ1v) is 6.17. The van der Waals surface area contributed by atoms with Gasteiger partial charge in [-0.05, 0) is 31.2 Å². The van der Waals surface area contributed by atoms with Gasteiger partial charge in [0.25, 0.3) is 0 Å². The van der Waals surface area contributed by atoms with Crippen LogP contribution in [0, 0.1) is 18.3 Å². The third-order valence-electron chi connectivity index (χ3n) is 2.43. The summed E-state index contributed by atoms with van der Waals surface area (Å²) >= 11 is 1.95. The molecule has 2 rings (SSSR count). The smallest absolute Gasteiger partial charge is 0.144 e. The van der Waals surface area contributed by atoms with Crippen molar-refractivity contribution in [3.8, 4) is 6.07 Å². The molecule has 3 nitrogen and oxygen atoms in total. The highest BCUT2D eigenvalue weighted by Crippen LogP contribution is 2.22. The van der Waals surface area contributed by atoms with Crippen molar-refractivity contribution in [3.05, 3.63) is 23.4 Å². The Morgan fingerprint density at radius 2 is 2.47 bits per heavy atom. The van der Waals surface area contributed by atoms with Crippen LogP contribution in [0.5, 0.6) is 0 Å². The second kappa shape index (κ2) is 4.54. The number of aromatic nitrogens is 1. The standard InChI is InChI=1S/C11H13N3S/c1-8-2-3-9(6-12)11(13-8)14-10-4-5-15-7-10/h2-3,10H,4-5,7H2,1H3,(H,13,14). The number of anilines is 1. The molecule has 1 N–H and O–H groups in total. The molecule has 1 unspecified atom stereocenters. The van der Waals surface area contributed by atoms with Crippen molar-refractivity contribution >= 4 is 17.6 Å². The van der Waals surface area contributed by atoms with E-state index in [9.17, 15) is 0 Å². The van der Waals surface area contributed by atoms with E-state index in [-0.39, 0.29) is 0 Å². The van der Waals surface area contributed by atoms with E-state index >= 15 is 0 Å². The Bertz CT molecular complexity index is 391. The highest BCUT2D eigenvalue weighted by atomic mass is 32.2. The summed E-state index contributed by atoms with van der Waals surface area (Å²) in [6.07, 6.45) is 1.16. The third kappa shape index (κ3) is 2.42. The Labute approximate surface area is 93.9 Å². The first-order chi connectivity index (χ1) is 7.29. The molecular formula is C11H13N3S. The topological polar surface area (TPSA) is 48.7 Å². The highest BCUT2D eigenvalue weighted by molar-refractivity contribution is 7.99. The summed E-state index contributed by atoms with van der Waals surface area (Å²) < 4.78 is 0. The fourth-order valence-electron chi connectivity index (χ4n) is 1.60. The van der Waals surface area contributed by atoms with E-state index in [0.717, 1.165) is 23.7 Å². The lowest BCUT2D eigenvalue weighted by Crippen LogP contribution is -2.19. The second-order valence-electron chi connectivity index (χ2n) is 3.67. The normalized spacial score (nSPS) is 19.9. The van der Waals surface area contributed by atoms with Gasteiger partial charge in [-0.15, -0.1) is 0 Å². The lowest BCUT2D eigenvalue weighted by molar-refractivity contribution is 0.805. The van der Waals surface area contributed by atoms with Crippen molar-refractivity contribution < 1.29 is 0 Å². The summed E-state index contributed by atoms with van der Waals surface area (Å²) in [5.74, 6) is 3.05. The summed E-state index contributed by atoms with van der Waals surface area (Å²) in [5, 5.41) is 12.3. The quantitative estimate of drug-likeness (QED) is 0.828. The summed E-state index contributed by atoms with van der Waals surface area (Å²) in [6.45, 7) is 1.94. The zero-order valence-corrected chi connectivity index (χ0v) is 9.47. The molecule has 2 heterocycles. The SMILES string of the molecule is Cc1ccc(C#N)c(NC2CCSC2)n1. The third-order valence-corrected chi connectivity index (χ3v) is 3.59. The van der Waals surface area contributed by atoms with E-state index in [2.05, 4.69) is 16.4 Å². The zero-order valence-electron chi connectivity index (χ0n) is 8.66. The summed E-state index contributed by atoms with van der Waals surface area (Å²) in [4.78, 5) is 4.36. The van der Waals surface area contributed by atoms with Crippen molar-refractivity contribution in [1.82, 2.24) is 4.98 Å². The molecule has 15 heavy (non-hydrogen) atoms. The molecule has 1 aliphatic heterocycles. The van der Waals surface area contributed by atoms with E-state index in [1.807, 2.05) is 30.8 Å². The molecule has 0 aromatic carbocycles. The van der Waals surface area contributed by atoms with E-state index in [4.69, 9.17) is 5.26 Å². The van der Waals surface area contributed by atoms with E-state index in [1.54, 1.807) is 0 Å². The van der Waals surface area contributed by atoms with Crippen LogP contribution in [-0.2, 0) is 0 Å². The molecule has 1 saturated heterocycles. The van der Waals surface area contributed by atoms with Crippen LogP contribution in [0.15, 0.2) is 12.1 Å². The van der Waals surface area contributed by atoms with Gasteiger partial charge < -0.3 is 5.32 Å². The van der Waals surface area contributed by atoms with Crippen molar-refractivity contribution in [1.29, 1.82) is 5.26 Å². The molecule has 1 aliphatic rings. The van der Waals surface area contributed by atoms with Gasteiger partial charge in [0.05, 0.1) is 5.56 Å². The summed E-state index contributed by atoms with van der Waals surface area (Å²) in [7, 11) is 0. The van der Waals surface area contributed by atoms with Crippen molar-refractivity contribution in [3.63, 3.8) is 0 Å². The Morgan fingerprint density at radius 1 is 1.60 bits per heavy atom. The first kappa shape index (κ1) is 10.3. The molecular weight excluding hydrogens is 206 g/mol. The molecule has 0 saturated carbocycles. The molecule has 1 fully saturated rings. The maximum atomic E-state index is 8.95. The largest absolute Gasteiger partial charge is 0.365 e. The van der Waals surface area contributed by atoms with E-state index in [0.29, 0.717) is 11.6 Å². The number of nitrogens with zero attached hydrogens (tertiary/aromatic N) is 2. The van der Waals surface area contributed by atoms with Gasteiger partial charge in [-0.25, -0.2) is 4.98 Å². The van der Waals surface area contributed by atoms with Crippen LogP contribution in [0.25, 0.3) is 0 Å². The molecule has 0 radical (unpaired) electrons. The fourth-order valence-corrected chi connectivity index (χ4v) is 2.75. The van der Waals surface area contributed by atoms with Gasteiger partial charge in [-0.1, -0.05) is 0 Å². The minimum absolute atomic E-state index is 0.469. The summed E-state index contributed by atoms with van der Waals surface area (Å²) in [5.41, 5.74) is 1.58. The number of aryl methyl sites for hydroxylation is 1. The zero-order chi connectivity index (χ0) is 10.7. The minimum Gasteiger partial charge on any atom is -0.365 e. The number of rotatable bonds is 2. The number of pyridine rings is 1. The lowest BCUT2D eigenvalue weighted by atomic mass is 10.2. The molecule has 0 amide bonds. The van der Waals surface area contributed by atoms with Gasteiger partial charge in [0.15, 0.2) is 0 Å². The molecule has 1 aromatic heterocycles. The Kier molecular flexibility index (Phi) is 3.12. The van der Waals surface area contributed by atoms with E-state index in [1.165, 1.54) is 5.75 Å². The van der Waals surface area contributed by atoms with Crippen LogP contribution in [0.4, 0.5) is 5.82 Å². The Balaban J connectivity index is 2.18. The van der Waals surface area contributed by atoms with Crippen LogP contribution < -0.4 is 5.32 Å². The number of nitriles is 1. The van der Waals surface area contributed by atoms with Crippen LogP contribution in [0.1, 0.15) is 17.7 Å². The maximum Gasteiger partial charge on any atom is 0.144 e. The second-order valence-corrected chi connectivity index (χ2v) is 4.82. The van der Waals surface area contributed by atoms with Crippen LogP contribution in [0.2, 0.25) is 0 Å². The van der Waals surface area contributed by atoms with Gasteiger partial charge in [0.2, 0.25) is 0 Å². The molecule has 1 atom stereocenters. The molecule has 0 aliphatic carbocycles. The lowest BCUT2D eigenvalue weighted by Gasteiger charge is -2.13. The Morgan fingerprint density at radius 3 is 3.13 bits per heavy atom. The number of thioether (sulfide) groups is 1. The van der Waals surface area contributed by atoms with Crippen molar-refractivity contribution in [2.45, 2.75) is 19.4 Å². The van der Waals surface area contributed by atoms with Gasteiger partial charge in [-0.3, -0.25) is 0 Å². The minimum atomic E-state index is 0.469. The number of nitrogens with one attached hydrogen (secondary N) is 1. The monoisotopic (exact) mass is 219 g/mol. The van der Waals surface area contributed by atoms with E-state index < -0.39 is 0 Å². The maximum absolute atomic E-state index is 8.95. The van der Waals surface area contributed by atoms with Gasteiger partial charge in [0.1, 0.15) is 11.9 Å². The average molecular weight is 219 g/mol. The molecule has 0 spiro atoms. The van der Waals surface area contributed by atoms with Gasteiger partial charge in [-0.2, -0.15) is 17.0 Å². The van der Waals surface area contributed by atoms with Gasteiger partial charge in [0, 0.05) is 17.5 Å². The predicted octanol–water partition coefficient (Wildman–Crippen LogP) is 2.18. The number of hydrogen-bond donors (Lipinski definition) is 1. The van der Waals surface area contributed by atoms with Crippen LogP contribution >= 0.6 is 11.8 Å².